The standard InChI is InChI=1S/C10H16N2O3S.C8H7N3O2/c13-8(14)4-2-1-3-7-9-6(5-16-7)11-10(15)12-9;9-4-1-2-5-6(3-4)8(13)11-10-7(5)12/h6-7,9H,1-5H2,(H,13,14)(H2,11,12,15);1-3H,9H2,(H,10,12)(H,11,13)/t6-,7-,9-;/m0./s1. The molecule has 1 aromatic carbocycles. The molecule has 0 saturated carbocycles. The number of rotatable bonds is 5. The fourth-order valence-corrected chi connectivity index (χ4v) is 5.00. The number of benzene rings is 1. The number of aromatic amines is 2. The Hall–Kier alpha value is -2.95. The van der Waals surface area contributed by atoms with Gasteiger partial charge in [0, 0.05) is 23.1 Å². The van der Waals surface area contributed by atoms with Crippen molar-refractivity contribution in [2.45, 2.75) is 43.0 Å². The number of aromatic nitrogens is 2. The lowest BCUT2D eigenvalue weighted by atomic mass is 10.0. The molecule has 2 aromatic rings. The van der Waals surface area contributed by atoms with E-state index in [4.69, 9.17) is 10.8 Å². The molecule has 7 N–H and O–H groups in total. The molecule has 3 atom stereocenters. The van der Waals surface area contributed by atoms with Crippen LogP contribution in [0.5, 0.6) is 0 Å². The second-order valence-electron chi connectivity index (χ2n) is 6.97. The third-order valence-electron chi connectivity index (χ3n) is 4.89. The van der Waals surface area contributed by atoms with Crippen LogP contribution in [0, 0.1) is 0 Å². The maximum atomic E-state index is 11.2. The molecule has 10 nitrogen and oxygen atoms in total. The average molecular weight is 421 g/mol. The van der Waals surface area contributed by atoms with E-state index in [1.54, 1.807) is 6.07 Å². The molecule has 0 bridgehead atoms. The largest absolute Gasteiger partial charge is 0.481 e. The number of urea groups is 1. The summed E-state index contributed by atoms with van der Waals surface area (Å²) < 4.78 is 0. The Balaban J connectivity index is 0.000000169. The van der Waals surface area contributed by atoms with Gasteiger partial charge in [0.15, 0.2) is 0 Å². The normalized spacial score (nSPS) is 22.3. The smallest absolute Gasteiger partial charge is 0.315 e. The number of hydrogen-bond donors (Lipinski definition) is 6. The van der Waals surface area contributed by atoms with E-state index in [1.807, 2.05) is 11.8 Å². The SMILES string of the molecule is Nc1ccc2c(=O)[nH][nH]c(=O)c2c1.O=C(O)CCCC[C@@H]1SC[C@@H]2NC(=O)N[C@@H]21. The van der Waals surface area contributed by atoms with Gasteiger partial charge in [-0.3, -0.25) is 24.6 Å². The van der Waals surface area contributed by atoms with Gasteiger partial charge < -0.3 is 21.5 Å². The van der Waals surface area contributed by atoms with E-state index in [0.29, 0.717) is 21.7 Å². The molecule has 0 radical (unpaired) electrons. The van der Waals surface area contributed by atoms with Crippen LogP contribution in [0.4, 0.5) is 10.5 Å². The minimum atomic E-state index is -0.729. The van der Waals surface area contributed by atoms with Crippen LogP contribution in [-0.2, 0) is 4.79 Å². The molecule has 29 heavy (non-hydrogen) atoms. The van der Waals surface area contributed by atoms with Crippen molar-refractivity contribution in [1.82, 2.24) is 20.8 Å². The Morgan fingerprint density at radius 1 is 1.10 bits per heavy atom. The number of carbonyl (C=O) groups excluding carboxylic acids is 1. The monoisotopic (exact) mass is 421 g/mol. The molecule has 2 amide bonds. The number of carboxylic acid groups (broad SMARTS) is 1. The summed E-state index contributed by atoms with van der Waals surface area (Å²) >= 11 is 1.87. The van der Waals surface area contributed by atoms with Gasteiger partial charge in [0.1, 0.15) is 0 Å². The molecule has 0 unspecified atom stereocenters. The number of nitrogens with two attached hydrogens (primary N) is 1. The van der Waals surface area contributed by atoms with Gasteiger partial charge in [-0.2, -0.15) is 11.8 Å². The number of nitrogen functional groups attached to an aromatic ring is 1. The highest BCUT2D eigenvalue weighted by molar-refractivity contribution is 8.00. The summed E-state index contributed by atoms with van der Waals surface area (Å²) in [5.41, 5.74) is 5.27. The lowest BCUT2D eigenvalue weighted by Gasteiger charge is -2.16. The van der Waals surface area contributed by atoms with Gasteiger partial charge in [-0.25, -0.2) is 4.79 Å². The highest BCUT2D eigenvalue weighted by Crippen LogP contribution is 2.33. The van der Waals surface area contributed by atoms with Crippen LogP contribution in [0.3, 0.4) is 0 Å². The third-order valence-corrected chi connectivity index (χ3v) is 6.40. The second-order valence-corrected chi connectivity index (χ2v) is 8.25. The number of fused-ring (bicyclic) bond motifs is 2. The Labute approximate surface area is 169 Å². The van der Waals surface area contributed by atoms with Crippen molar-refractivity contribution >= 4 is 40.2 Å². The Kier molecular flexibility index (Phi) is 6.47. The van der Waals surface area contributed by atoms with Crippen molar-refractivity contribution in [3.05, 3.63) is 38.9 Å². The van der Waals surface area contributed by atoms with Crippen molar-refractivity contribution in [3.63, 3.8) is 0 Å². The molecule has 2 aliphatic heterocycles. The van der Waals surface area contributed by atoms with Crippen molar-refractivity contribution in [3.8, 4) is 0 Å². The lowest BCUT2D eigenvalue weighted by molar-refractivity contribution is -0.137. The zero-order valence-electron chi connectivity index (χ0n) is 15.6. The molecule has 3 heterocycles. The topological polar surface area (TPSA) is 170 Å². The maximum absolute atomic E-state index is 11.2. The highest BCUT2D eigenvalue weighted by Gasteiger charge is 2.42. The molecular formula is C18H23N5O5S. The van der Waals surface area contributed by atoms with Gasteiger partial charge in [0.25, 0.3) is 11.1 Å². The quantitative estimate of drug-likeness (QED) is 0.233. The van der Waals surface area contributed by atoms with E-state index in [0.717, 1.165) is 25.0 Å². The fourth-order valence-electron chi connectivity index (χ4n) is 3.46. The molecular weight excluding hydrogens is 398 g/mol. The molecule has 4 rings (SSSR count). The number of carbonyl (C=O) groups is 2. The van der Waals surface area contributed by atoms with E-state index in [1.165, 1.54) is 12.1 Å². The van der Waals surface area contributed by atoms with Crippen LogP contribution < -0.4 is 27.5 Å². The van der Waals surface area contributed by atoms with Gasteiger partial charge in [-0.1, -0.05) is 6.42 Å². The summed E-state index contributed by atoms with van der Waals surface area (Å²) in [7, 11) is 0. The van der Waals surface area contributed by atoms with Crippen molar-refractivity contribution in [2.24, 2.45) is 0 Å². The number of hydrogen-bond acceptors (Lipinski definition) is 6. The molecule has 156 valence electrons. The number of unbranched alkanes of at least 4 members (excludes halogenated alkanes) is 1. The first-order chi connectivity index (χ1) is 13.8. The van der Waals surface area contributed by atoms with Gasteiger partial charge in [0.05, 0.1) is 22.9 Å². The summed E-state index contributed by atoms with van der Waals surface area (Å²) in [6, 6.07) is 5.02. The van der Waals surface area contributed by atoms with Gasteiger partial charge in [-0.05, 0) is 31.0 Å². The number of carboxylic acids is 1. The number of nitrogens with one attached hydrogen (secondary N) is 4. The van der Waals surface area contributed by atoms with Gasteiger partial charge >= 0.3 is 12.0 Å². The first-order valence-electron chi connectivity index (χ1n) is 9.26. The highest BCUT2D eigenvalue weighted by atomic mass is 32.2. The Bertz CT molecular complexity index is 1020. The van der Waals surface area contributed by atoms with Crippen LogP contribution in [0.25, 0.3) is 10.8 Å². The van der Waals surface area contributed by atoms with E-state index in [-0.39, 0.29) is 35.7 Å². The van der Waals surface area contributed by atoms with Crippen LogP contribution in [-0.4, -0.2) is 50.4 Å². The van der Waals surface area contributed by atoms with Crippen LogP contribution >= 0.6 is 11.8 Å². The summed E-state index contributed by atoms with van der Waals surface area (Å²) in [6.45, 7) is 0. The summed E-state index contributed by atoms with van der Waals surface area (Å²) in [6.07, 6.45) is 2.88. The van der Waals surface area contributed by atoms with E-state index in [9.17, 15) is 19.2 Å². The zero-order chi connectivity index (χ0) is 21.0. The number of thioether (sulfide) groups is 1. The van der Waals surface area contributed by atoms with Crippen LogP contribution in [0.15, 0.2) is 27.8 Å². The predicted molar refractivity (Wildman–Crippen MR) is 111 cm³/mol. The first-order valence-corrected chi connectivity index (χ1v) is 10.3. The zero-order valence-corrected chi connectivity index (χ0v) is 16.4. The average Bonchev–Trinajstić information content (AvgIpc) is 3.22. The minimum absolute atomic E-state index is 0.0640. The number of amides is 2. The molecule has 0 aliphatic carbocycles. The number of H-pyrrole nitrogens is 2. The fraction of sp³-hybridized carbons (Fsp3) is 0.444. The summed E-state index contributed by atoms with van der Waals surface area (Å²) in [5, 5.41) is 19.9. The van der Waals surface area contributed by atoms with Crippen molar-refractivity contribution in [2.75, 3.05) is 11.5 Å². The van der Waals surface area contributed by atoms with Crippen molar-refractivity contribution in [1.29, 1.82) is 0 Å². The molecule has 0 spiro atoms. The molecule has 1 aromatic heterocycles. The number of anilines is 1. The Morgan fingerprint density at radius 2 is 1.83 bits per heavy atom. The molecule has 2 saturated heterocycles. The van der Waals surface area contributed by atoms with E-state index >= 15 is 0 Å². The van der Waals surface area contributed by atoms with E-state index in [2.05, 4.69) is 20.8 Å². The molecule has 2 aliphatic rings. The summed E-state index contributed by atoms with van der Waals surface area (Å²) in [4.78, 5) is 43.8. The van der Waals surface area contributed by atoms with Gasteiger partial charge in [0.2, 0.25) is 0 Å². The minimum Gasteiger partial charge on any atom is -0.481 e. The van der Waals surface area contributed by atoms with Gasteiger partial charge in [-0.15, -0.1) is 0 Å². The first kappa shape index (κ1) is 20.8. The summed E-state index contributed by atoms with van der Waals surface area (Å²) in [5.74, 6) is 0.236. The second kappa shape index (κ2) is 9.03. The molecule has 2 fully saturated rings. The Morgan fingerprint density at radius 3 is 2.55 bits per heavy atom. The maximum Gasteiger partial charge on any atom is 0.315 e. The third kappa shape index (κ3) is 5.11. The number of aliphatic carboxylic acids is 1. The van der Waals surface area contributed by atoms with E-state index < -0.39 is 5.97 Å². The van der Waals surface area contributed by atoms with Crippen molar-refractivity contribution < 1.29 is 14.7 Å². The predicted octanol–water partition coefficient (Wildman–Crippen LogP) is 0.595. The molecule has 11 heteroatoms. The van der Waals surface area contributed by atoms with Crippen LogP contribution in [0.1, 0.15) is 25.7 Å². The lowest BCUT2D eigenvalue weighted by Crippen LogP contribution is -2.36. The van der Waals surface area contributed by atoms with Crippen LogP contribution in [0.2, 0.25) is 0 Å².